The van der Waals surface area contributed by atoms with Gasteiger partial charge in [0.05, 0.1) is 0 Å². The number of hydrogen-bond acceptors (Lipinski definition) is 2. The van der Waals surface area contributed by atoms with Gasteiger partial charge in [-0.2, -0.15) is 0 Å². The maximum atomic E-state index is 11.1. The number of carbonyl (C=O) groups excluding carboxylic acids is 1. The lowest BCUT2D eigenvalue weighted by Crippen LogP contribution is -2.14. The van der Waals surface area contributed by atoms with Crippen LogP contribution >= 0.6 is 0 Å². The molecule has 0 radical (unpaired) electrons. The molecule has 1 aromatic carbocycles. The van der Waals surface area contributed by atoms with E-state index in [0.29, 0.717) is 11.3 Å². The van der Waals surface area contributed by atoms with Crippen LogP contribution in [0.1, 0.15) is 48.1 Å². The Balaban J connectivity index is 2.45. The molecule has 0 spiro atoms. The monoisotopic (exact) mass is 263 g/mol. The van der Waals surface area contributed by atoms with Gasteiger partial charge < -0.3 is 0 Å². The fraction of sp³-hybridized carbons (Fsp3) is 0.222. The molecule has 1 heterocycles. The minimum absolute atomic E-state index is 0.0649. The van der Waals surface area contributed by atoms with Gasteiger partial charge in [-0.15, -0.1) is 0 Å². The highest BCUT2D eigenvalue weighted by atomic mass is 16.1. The molecule has 2 heteroatoms. The van der Waals surface area contributed by atoms with Crippen LogP contribution < -0.4 is 0 Å². The van der Waals surface area contributed by atoms with Crippen molar-refractivity contribution < 1.29 is 4.79 Å². The van der Waals surface area contributed by atoms with Gasteiger partial charge in [0.25, 0.3) is 0 Å². The molecule has 0 saturated heterocycles. The number of nitrogens with zero attached hydrogens (tertiary/aromatic N) is 1. The zero-order valence-corrected chi connectivity index (χ0v) is 12.0. The highest BCUT2D eigenvalue weighted by molar-refractivity contribution is 5.78. The van der Waals surface area contributed by atoms with Crippen LogP contribution in [0.2, 0.25) is 0 Å². The first-order chi connectivity index (χ1) is 9.50. The number of benzene rings is 1. The second-order valence-electron chi connectivity index (χ2n) is 5.62. The van der Waals surface area contributed by atoms with Crippen molar-refractivity contribution in [3.8, 4) is 11.8 Å². The lowest BCUT2D eigenvalue weighted by Gasteiger charge is -2.17. The summed E-state index contributed by atoms with van der Waals surface area (Å²) >= 11 is 0. The largest absolute Gasteiger partial charge is 0.298 e. The van der Waals surface area contributed by atoms with Gasteiger partial charge >= 0.3 is 0 Å². The number of carbonyl (C=O) groups is 1. The topological polar surface area (TPSA) is 30.0 Å². The third kappa shape index (κ3) is 3.33. The van der Waals surface area contributed by atoms with E-state index in [1.54, 1.807) is 6.07 Å². The number of aldehydes is 1. The van der Waals surface area contributed by atoms with Gasteiger partial charge in [0.15, 0.2) is 6.29 Å². The second-order valence-corrected chi connectivity index (χ2v) is 5.62. The summed E-state index contributed by atoms with van der Waals surface area (Å²) < 4.78 is 0. The van der Waals surface area contributed by atoms with Crippen molar-refractivity contribution in [3.05, 3.63) is 65.0 Å². The molecule has 0 amide bonds. The number of rotatable bonds is 1. The summed E-state index contributed by atoms with van der Waals surface area (Å²) in [5.41, 5.74) is 2.84. The molecule has 2 rings (SSSR count). The molecule has 0 atom stereocenters. The summed E-state index contributed by atoms with van der Waals surface area (Å²) in [6.45, 7) is 6.26. The molecule has 0 saturated carbocycles. The SMILES string of the molecule is CC(C)(C)c1ccc(C=O)c(C#Cc2ccccc2)n1. The van der Waals surface area contributed by atoms with Gasteiger partial charge in [-0.3, -0.25) is 4.79 Å². The third-order valence-electron chi connectivity index (χ3n) is 2.92. The first kappa shape index (κ1) is 14.0. The Hall–Kier alpha value is -2.40. The zero-order valence-electron chi connectivity index (χ0n) is 12.0. The molecule has 1 aromatic heterocycles. The summed E-state index contributed by atoms with van der Waals surface area (Å²) in [4.78, 5) is 15.6. The molecule has 0 aliphatic carbocycles. The molecule has 0 N–H and O–H groups in total. The van der Waals surface area contributed by atoms with Gasteiger partial charge in [-0.25, -0.2) is 4.98 Å². The van der Waals surface area contributed by atoms with Crippen LogP contribution in [0.5, 0.6) is 0 Å². The highest BCUT2D eigenvalue weighted by Gasteiger charge is 2.16. The summed E-state index contributed by atoms with van der Waals surface area (Å²) in [6, 6.07) is 13.4. The normalized spacial score (nSPS) is 10.6. The smallest absolute Gasteiger partial charge is 0.152 e. The lowest BCUT2D eigenvalue weighted by molar-refractivity contribution is 0.112. The van der Waals surface area contributed by atoms with Crippen LogP contribution in [0, 0.1) is 11.8 Å². The number of aromatic nitrogens is 1. The van der Waals surface area contributed by atoms with Crippen LogP contribution in [0.15, 0.2) is 42.5 Å². The molecule has 0 fully saturated rings. The van der Waals surface area contributed by atoms with Crippen molar-refractivity contribution in [1.29, 1.82) is 0 Å². The number of hydrogen-bond donors (Lipinski definition) is 0. The quantitative estimate of drug-likeness (QED) is 0.581. The number of pyridine rings is 1. The molecule has 0 aliphatic rings. The maximum Gasteiger partial charge on any atom is 0.152 e. The fourth-order valence-electron chi connectivity index (χ4n) is 1.74. The first-order valence-electron chi connectivity index (χ1n) is 6.54. The van der Waals surface area contributed by atoms with E-state index in [9.17, 15) is 4.79 Å². The van der Waals surface area contributed by atoms with Gasteiger partial charge in [-0.05, 0) is 30.2 Å². The van der Waals surface area contributed by atoms with E-state index in [1.807, 2.05) is 36.4 Å². The van der Waals surface area contributed by atoms with E-state index in [4.69, 9.17) is 0 Å². The van der Waals surface area contributed by atoms with Crippen LogP contribution in [-0.4, -0.2) is 11.3 Å². The molecule has 2 nitrogen and oxygen atoms in total. The molecular formula is C18H17NO. The Morgan fingerprint density at radius 3 is 2.30 bits per heavy atom. The van der Waals surface area contributed by atoms with Crippen LogP contribution in [0.25, 0.3) is 0 Å². The lowest BCUT2D eigenvalue weighted by atomic mass is 9.91. The van der Waals surface area contributed by atoms with Crippen molar-refractivity contribution in [3.63, 3.8) is 0 Å². The molecule has 0 aliphatic heterocycles. The fourth-order valence-corrected chi connectivity index (χ4v) is 1.74. The average molecular weight is 263 g/mol. The summed E-state index contributed by atoms with van der Waals surface area (Å²) in [6.07, 6.45) is 0.800. The minimum atomic E-state index is -0.0649. The molecule has 0 unspecified atom stereocenters. The Morgan fingerprint density at radius 1 is 1.00 bits per heavy atom. The second kappa shape index (κ2) is 5.71. The predicted octanol–water partition coefficient (Wildman–Crippen LogP) is 3.59. The Morgan fingerprint density at radius 2 is 1.70 bits per heavy atom. The van der Waals surface area contributed by atoms with E-state index in [-0.39, 0.29) is 5.41 Å². The van der Waals surface area contributed by atoms with E-state index in [0.717, 1.165) is 17.5 Å². The van der Waals surface area contributed by atoms with Crippen molar-refractivity contribution in [1.82, 2.24) is 4.98 Å². The van der Waals surface area contributed by atoms with Gasteiger partial charge in [0.2, 0.25) is 0 Å². The third-order valence-corrected chi connectivity index (χ3v) is 2.92. The van der Waals surface area contributed by atoms with E-state index < -0.39 is 0 Å². The Kier molecular flexibility index (Phi) is 4.00. The van der Waals surface area contributed by atoms with Crippen LogP contribution in [-0.2, 0) is 5.41 Å². The van der Waals surface area contributed by atoms with Gasteiger partial charge in [0.1, 0.15) is 5.69 Å². The van der Waals surface area contributed by atoms with E-state index in [2.05, 4.69) is 37.6 Å². The molecule has 100 valence electrons. The summed E-state index contributed by atoms with van der Waals surface area (Å²) in [7, 11) is 0. The van der Waals surface area contributed by atoms with Gasteiger partial charge in [0, 0.05) is 22.2 Å². The predicted molar refractivity (Wildman–Crippen MR) is 80.7 cm³/mol. The first-order valence-corrected chi connectivity index (χ1v) is 6.54. The summed E-state index contributed by atoms with van der Waals surface area (Å²) in [5, 5.41) is 0. The molecular weight excluding hydrogens is 246 g/mol. The Bertz CT molecular complexity index is 670. The zero-order chi connectivity index (χ0) is 14.6. The van der Waals surface area contributed by atoms with E-state index >= 15 is 0 Å². The van der Waals surface area contributed by atoms with Crippen molar-refractivity contribution in [2.24, 2.45) is 0 Å². The molecule has 0 bridgehead atoms. The maximum absolute atomic E-state index is 11.1. The summed E-state index contributed by atoms with van der Waals surface area (Å²) in [5.74, 6) is 6.04. The van der Waals surface area contributed by atoms with Crippen molar-refractivity contribution in [2.45, 2.75) is 26.2 Å². The highest BCUT2D eigenvalue weighted by Crippen LogP contribution is 2.20. The molecule has 2 aromatic rings. The van der Waals surface area contributed by atoms with E-state index in [1.165, 1.54) is 0 Å². The van der Waals surface area contributed by atoms with Crippen molar-refractivity contribution >= 4 is 6.29 Å². The Labute approximate surface area is 119 Å². The minimum Gasteiger partial charge on any atom is -0.298 e. The molecule has 20 heavy (non-hydrogen) atoms. The van der Waals surface area contributed by atoms with Gasteiger partial charge in [-0.1, -0.05) is 44.9 Å². The average Bonchev–Trinajstić information content (AvgIpc) is 2.45. The van der Waals surface area contributed by atoms with Crippen LogP contribution in [0.3, 0.4) is 0 Å². The van der Waals surface area contributed by atoms with Crippen LogP contribution in [0.4, 0.5) is 0 Å². The van der Waals surface area contributed by atoms with Crippen molar-refractivity contribution in [2.75, 3.05) is 0 Å². The standard InChI is InChI=1S/C18H17NO/c1-18(2,3)17-12-10-15(13-20)16(19-17)11-9-14-7-5-4-6-8-14/h4-8,10,12-13H,1-3H3.